The number of methoxy groups -OCH3 is 1. The first kappa shape index (κ1) is 14.8. The number of nitrogens with zero attached hydrogens (tertiary/aromatic N) is 2. The SMILES string of the molecule is COC(=O)C12CCCC1CN(CC(=O)N1CCCCC1)C2. The van der Waals surface area contributed by atoms with E-state index in [9.17, 15) is 9.59 Å². The van der Waals surface area contributed by atoms with E-state index in [2.05, 4.69) is 4.90 Å². The molecule has 1 amide bonds. The fourth-order valence-corrected chi connectivity index (χ4v) is 4.49. The molecule has 0 N–H and O–H groups in total. The predicted octanol–water partition coefficient (Wildman–Crippen LogP) is 1.27. The first-order chi connectivity index (χ1) is 10.2. The summed E-state index contributed by atoms with van der Waals surface area (Å²) in [6.45, 7) is 3.84. The van der Waals surface area contributed by atoms with Crippen LogP contribution in [0.15, 0.2) is 0 Å². The molecule has 3 aliphatic rings. The van der Waals surface area contributed by atoms with Crippen LogP contribution in [0, 0.1) is 11.3 Å². The van der Waals surface area contributed by atoms with E-state index in [4.69, 9.17) is 4.74 Å². The minimum Gasteiger partial charge on any atom is -0.469 e. The molecule has 0 bridgehead atoms. The van der Waals surface area contributed by atoms with Crippen molar-refractivity contribution in [3.63, 3.8) is 0 Å². The number of rotatable bonds is 3. The fourth-order valence-electron chi connectivity index (χ4n) is 4.49. The van der Waals surface area contributed by atoms with Crippen molar-refractivity contribution in [2.75, 3.05) is 39.8 Å². The zero-order chi connectivity index (χ0) is 14.9. The monoisotopic (exact) mass is 294 g/mol. The van der Waals surface area contributed by atoms with Gasteiger partial charge in [-0.3, -0.25) is 14.5 Å². The van der Waals surface area contributed by atoms with Crippen LogP contribution in [-0.4, -0.2) is 61.5 Å². The summed E-state index contributed by atoms with van der Waals surface area (Å²) < 4.78 is 5.05. The molecule has 1 saturated carbocycles. The van der Waals surface area contributed by atoms with E-state index in [1.54, 1.807) is 0 Å². The standard InChI is InChI=1S/C16H26N2O3/c1-21-15(20)16-7-5-6-13(16)10-17(12-16)11-14(19)18-8-3-2-4-9-18/h13H,2-12H2,1H3. The maximum atomic E-state index is 12.4. The summed E-state index contributed by atoms with van der Waals surface area (Å²) in [5.74, 6) is 0.534. The molecule has 0 aromatic rings. The molecule has 2 heterocycles. The number of carbonyl (C=O) groups excluding carboxylic acids is 2. The number of ether oxygens (including phenoxy) is 1. The van der Waals surface area contributed by atoms with Crippen molar-refractivity contribution in [3.8, 4) is 0 Å². The van der Waals surface area contributed by atoms with Crippen LogP contribution < -0.4 is 0 Å². The molecule has 1 aliphatic carbocycles. The van der Waals surface area contributed by atoms with Crippen molar-refractivity contribution in [1.29, 1.82) is 0 Å². The van der Waals surface area contributed by atoms with E-state index in [0.717, 1.165) is 51.7 Å². The van der Waals surface area contributed by atoms with Crippen LogP contribution in [0.25, 0.3) is 0 Å². The third-order valence-electron chi connectivity index (χ3n) is 5.60. The van der Waals surface area contributed by atoms with Gasteiger partial charge in [0.1, 0.15) is 0 Å². The van der Waals surface area contributed by atoms with Crippen LogP contribution >= 0.6 is 0 Å². The smallest absolute Gasteiger partial charge is 0.313 e. The first-order valence-corrected chi connectivity index (χ1v) is 8.24. The Morgan fingerprint density at radius 1 is 1.19 bits per heavy atom. The van der Waals surface area contributed by atoms with Crippen LogP contribution in [0.4, 0.5) is 0 Å². The largest absolute Gasteiger partial charge is 0.469 e. The molecule has 118 valence electrons. The second-order valence-electron chi connectivity index (χ2n) is 6.85. The van der Waals surface area contributed by atoms with Crippen molar-refractivity contribution in [2.45, 2.75) is 38.5 Å². The first-order valence-electron chi connectivity index (χ1n) is 8.24. The Morgan fingerprint density at radius 2 is 1.95 bits per heavy atom. The Balaban J connectivity index is 1.61. The van der Waals surface area contributed by atoms with Crippen molar-refractivity contribution < 1.29 is 14.3 Å². The predicted molar refractivity (Wildman–Crippen MR) is 78.7 cm³/mol. The number of piperidine rings is 1. The summed E-state index contributed by atoms with van der Waals surface area (Å²) in [7, 11) is 1.48. The van der Waals surface area contributed by atoms with E-state index >= 15 is 0 Å². The Kier molecular flexibility index (Phi) is 4.20. The second kappa shape index (κ2) is 5.95. The van der Waals surface area contributed by atoms with Gasteiger partial charge in [0.05, 0.1) is 19.1 Å². The highest BCUT2D eigenvalue weighted by Crippen LogP contribution is 2.49. The minimum atomic E-state index is -0.336. The number of hydrogen-bond donors (Lipinski definition) is 0. The maximum Gasteiger partial charge on any atom is 0.313 e. The van der Waals surface area contributed by atoms with E-state index in [-0.39, 0.29) is 17.3 Å². The zero-order valence-corrected chi connectivity index (χ0v) is 13.0. The quantitative estimate of drug-likeness (QED) is 0.736. The van der Waals surface area contributed by atoms with Crippen LogP contribution in [0.1, 0.15) is 38.5 Å². The van der Waals surface area contributed by atoms with E-state index < -0.39 is 0 Å². The highest BCUT2D eigenvalue weighted by Gasteiger charge is 2.55. The Morgan fingerprint density at radius 3 is 2.67 bits per heavy atom. The average Bonchev–Trinajstić information content (AvgIpc) is 3.04. The number of likely N-dealkylation sites (tertiary alicyclic amines) is 2. The highest BCUT2D eigenvalue weighted by molar-refractivity contribution is 5.80. The van der Waals surface area contributed by atoms with E-state index in [0.29, 0.717) is 19.0 Å². The molecule has 21 heavy (non-hydrogen) atoms. The molecule has 3 fully saturated rings. The average molecular weight is 294 g/mol. The van der Waals surface area contributed by atoms with Gasteiger partial charge in [-0.15, -0.1) is 0 Å². The summed E-state index contributed by atoms with van der Waals surface area (Å²) in [6, 6.07) is 0. The van der Waals surface area contributed by atoms with Gasteiger partial charge in [-0.1, -0.05) is 6.42 Å². The Bertz CT molecular complexity index is 420. The molecule has 2 unspecified atom stereocenters. The summed E-state index contributed by atoms with van der Waals surface area (Å²) in [4.78, 5) is 28.8. The van der Waals surface area contributed by atoms with Gasteiger partial charge in [-0.05, 0) is 38.0 Å². The third-order valence-corrected chi connectivity index (χ3v) is 5.60. The van der Waals surface area contributed by atoms with Gasteiger partial charge < -0.3 is 9.64 Å². The molecule has 2 saturated heterocycles. The molecule has 5 heteroatoms. The molecule has 2 aliphatic heterocycles. The summed E-state index contributed by atoms with van der Waals surface area (Å²) >= 11 is 0. The van der Waals surface area contributed by atoms with Crippen molar-refractivity contribution >= 4 is 11.9 Å². The number of hydrogen-bond acceptors (Lipinski definition) is 4. The van der Waals surface area contributed by atoms with Gasteiger partial charge in [-0.25, -0.2) is 0 Å². The molecule has 2 atom stereocenters. The molecule has 0 radical (unpaired) electrons. The van der Waals surface area contributed by atoms with Gasteiger partial charge in [0.25, 0.3) is 0 Å². The molecule has 0 spiro atoms. The molecule has 3 rings (SSSR count). The second-order valence-corrected chi connectivity index (χ2v) is 6.85. The van der Waals surface area contributed by atoms with Crippen LogP contribution in [-0.2, 0) is 14.3 Å². The topological polar surface area (TPSA) is 49.9 Å². The minimum absolute atomic E-state index is 0.0714. The van der Waals surface area contributed by atoms with Gasteiger partial charge >= 0.3 is 5.97 Å². The van der Waals surface area contributed by atoms with E-state index in [1.807, 2.05) is 4.90 Å². The molecule has 0 aromatic carbocycles. The fraction of sp³-hybridized carbons (Fsp3) is 0.875. The van der Waals surface area contributed by atoms with Crippen LogP contribution in [0.2, 0.25) is 0 Å². The maximum absolute atomic E-state index is 12.4. The van der Waals surface area contributed by atoms with E-state index in [1.165, 1.54) is 13.5 Å². The van der Waals surface area contributed by atoms with Crippen molar-refractivity contribution in [2.24, 2.45) is 11.3 Å². The lowest BCUT2D eigenvalue weighted by atomic mass is 9.81. The third kappa shape index (κ3) is 2.68. The Hall–Kier alpha value is -1.10. The molecule has 0 aromatic heterocycles. The number of fused-ring (bicyclic) bond motifs is 1. The highest BCUT2D eigenvalue weighted by atomic mass is 16.5. The van der Waals surface area contributed by atoms with Crippen molar-refractivity contribution in [1.82, 2.24) is 9.80 Å². The summed E-state index contributed by atoms with van der Waals surface area (Å²) in [5.41, 5.74) is -0.336. The van der Waals surface area contributed by atoms with Gasteiger partial charge in [0, 0.05) is 26.2 Å². The Labute approximate surface area is 126 Å². The van der Waals surface area contributed by atoms with Gasteiger partial charge in [0.2, 0.25) is 5.91 Å². The lowest BCUT2D eigenvalue weighted by Crippen LogP contribution is -2.43. The summed E-state index contributed by atoms with van der Waals surface area (Å²) in [6.07, 6.45) is 6.60. The number of esters is 1. The molecular weight excluding hydrogens is 268 g/mol. The summed E-state index contributed by atoms with van der Waals surface area (Å²) in [5, 5.41) is 0. The van der Waals surface area contributed by atoms with Crippen LogP contribution in [0.5, 0.6) is 0 Å². The molecular formula is C16H26N2O3. The normalized spacial score (nSPS) is 33.0. The molecule has 5 nitrogen and oxygen atoms in total. The lowest BCUT2D eigenvalue weighted by Gasteiger charge is -2.29. The van der Waals surface area contributed by atoms with Crippen LogP contribution in [0.3, 0.4) is 0 Å². The lowest BCUT2D eigenvalue weighted by molar-refractivity contribution is -0.153. The van der Waals surface area contributed by atoms with Crippen molar-refractivity contribution in [3.05, 3.63) is 0 Å². The zero-order valence-electron chi connectivity index (χ0n) is 13.0. The van der Waals surface area contributed by atoms with Gasteiger partial charge in [-0.2, -0.15) is 0 Å². The van der Waals surface area contributed by atoms with Gasteiger partial charge in [0.15, 0.2) is 0 Å². The number of amides is 1. The number of carbonyl (C=O) groups is 2.